The zero-order chi connectivity index (χ0) is 22.9. The Labute approximate surface area is 187 Å². The summed E-state index contributed by atoms with van der Waals surface area (Å²) in [6, 6.07) is 3.41. The molecule has 1 aromatic carbocycles. The summed E-state index contributed by atoms with van der Waals surface area (Å²) in [4.78, 5) is 32.5. The molecule has 0 fully saturated rings. The van der Waals surface area contributed by atoms with Crippen molar-refractivity contribution in [1.82, 2.24) is 25.1 Å². The lowest BCUT2D eigenvalue weighted by molar-refractivity contribution is -0.124. The van der Waals surface area contributed by atoms with Crippen molar-refractivity contribution in [2.75, 3.05) is 20.6 Å². The number of carbonyl (C=O) groups excluding carboxylic acids is 2. The maximum Gasteiger partial charge on any atom is 0.272 e. The van der Waals surface area contributed by atoms with Crippen LogP contribution in [0.15, 0.2) is 18.2 Å². The number of likely N-dealkylation sites (N-methyl/N-ethyl adjacent to an activating group) is 1. The monoisotopic (exact) mass is 449 g/mol. The highest BCUT2D eigenvalue weighted by Crippen LogP contribution is 2.32. The summed E-state index contributed by atoms with van der Waals surface area (Å²) >= 11 is 6.31. The maximum absolute atomic E-state index is 13.6. The van der Waals surface area contributed by atoms with Crippen LogP contribution in [0.5, 0.6) is 0 Å². The third-order valence-electron chi connectivity index (χ3n) is 5.45. The zero-order valence-corrected chi connectivity index (χ0v) is 19.3. The Bertz CT molecular complexity index is 999. The van der Waals surface area contributed by atoms with Crippen molar-refractivity contribution < 1.29 is 14.0 Å². The Kier molecular flexibility index (Phi) is 6.71. The van der Waals surface area contributed by atoms with Crippen LogP contribution in [0.4, 0.5) is 4.39 Å². The molecule has 2 N–H and O–H groups in total. The van der Waals surface area contributed by atoms with E-state index >= 15 is 0 Å². The molecular weight excluding hydrogens is 421 g/mol. The fourth-order valence-electron chi connectivity index (χ4n) is 3.80. The Morgan fingerprint density at radius 3 is 2.58 bits per heavy atom. The second kappa shape index (κ2) is 8.96. The number of hydrogen-bond donors (Lipinski definition) is 2. The summed E-state index contributed by atoms with van der Waals surface area (Å²) in [5.74, 6) is -0.613. The number of benzene rings is 1. The Morgan fingerprint density at radius 2 is 1.97 bits per heavy atom. The van der Waals surface area contributed by atoms with Gasteiger partial charge in [0, 0.05) is 25.7 Å². The molecule has 31 heavy (non-hydrogen) atoms. The third kappa shape index (κ3) is 4.91. The summed E-state index contributed by atoms with van der Waals surface area (Å²) in [6.45, 7) is 7.70. The number of imidazole rings is 1. The first-order valence-corrected chi connectivity index (χ1v) is 10.7. The summed E-state index contributed by atoms with van der Waals surface area (Å²) < 4.78 is 15.6. The van der Waals surface area contributed by atoms with Gasteiger partial charge in [-0.15, -0.1) is 0 Å². The van der Waals surface area contributed by atoms with Gasteiger partial charge in [-0.3, -0.25) is 9.59 Å². The molecule has 0 saturated heterocycles. The van der Waals surface area contributed by atoms with E-state index in [9.17, 15) is 14.0 Å². The van der Waals surface area contributed by atoms with Crippen LogP contribution in [0, 0.1) is 11.2 Å². The van der Waals surface area contributed by atoms with E-state index in [2.05, 4.69) is 20.5 Å². The first kappa shape index (κ1) is 23.2. The molecule has 3 rings (SSSR count). The van der Waals surface area contributed by atoms with Gasteiger partial charge in [-0.25, -0.2) is 9.37 Å². The van der Waals surface area contributed by atoms with E-state index in [0.717, 1.165) is 18.7 Å². The standard InChI is InChI=1S/C22H29ClFN5O2/c1-22(2,3)18(21(31)25-4)27-20(30)17-16-12-28(5)9-6-10-29(16)19(26-17)14-8-7-13(24)11-15(14)23/h7-8,11,18H,6,9-10,12H2,1-5H3,(H,25,31)(H,27,30)/t18-/m1/s1. The summed E-state index contributed by atoms with van der Waals surface area (Å²) in [6.07, 6.45) is 0.871. The van der Waals surface area contributed by atoms with E-state index < -0.39 is 23.2 Å². The smallest absolute Gasteiger partial charge is 0.272 e. The van der Waals surface area contributed by atoms with Crippen molar-refractivity contribution >= 4 is 23.4 Å². The van der Waals surface area contributed by atoms with Crippen LogP contribution in [0.25, 0.3) is 11.4 Å². The average Bonchev–Trinajstić information content (AvgIpc) is 2.90. The van der Waals surface area contributed by atoms with E-state index in [1.54, 1.807) is 13.1 Å². The highest BCUT2D eigenvalue weighted by atomic mass is 35.5. The number of rotatable bonds is 4. The number of carbonyl (C=O) groups is 2. The number of nitrogens with one attached hydrogen (secondary N) is 2. The lowest BCUT2D eigenvalue weighted by Gasteiger charge is -2.29. The van der Waals surface area contributed by atoms with Gasteiger partial charge < -0.3 is 20.1 Å². The van der Waals surface area contributed by atoms with Crippen LogP contribution < -0.4 is 10.6 Å². The first-order chi connectivity index (χ1) is 14.5. The zero-order valence-electron chi connectivity index (χ0n) is 18.6. The van der Waals surface area contributed by atoms with Gasteiger partial charge in [-0.05, 0) is 43.6 Å². The van der Waals surface area contributed by atoms with Crippen LogP contribution in [0.2, 0.25) is 5.02 Å². The Hall–Kier alpha value is -2.45. The van der Waals surface area contributed by atoms with E-state index in [1.165, 1.54) is 12.1 Å². The predicted molar refractivity (Wildman–Crippen MR) is 118 cm³/mol. The largest absolute Gasteiger partial charge is 0.357 e. The number of amides is 2. The van der Waals surface area contributed by atoms with Crippen molar-refractivity contribution in [2.45, 2.75) is 46.3 Å². The van der Waals surface area contributed by atoms with Crippen LogP contribution in [0.3, 0.4) is 0 Å². The fourth-order valence-corrected chi connectivity index (χ4v) is 4.05. The highest BCUT2D eigenvalue weighted by molar-refractivity contribution is 6.33. The van der Waals surface area contributed by atoms with Gasteiger partial charge >= 0.3 is 0 Å². The Morgan fingerprint density at radius 1 is 1.26 bits per heavy atom. The molecule has 9 heteroatoms. The average molecular weight is 450 g/mol. The molecular formula is C22H29ClFN5O2. The number of aromatic nitrogens is 2. The van der Waals surface area contributed by atoms with Crippen molar-refractivity contribution in [1.29, 1.82) is 0 Å². The van der Waals surface area contributed by atoms with Crippen molar-refractivity contribution in [2.24, 2.45) is 5.41 Å². The molecule has 0 radical (unpaired) electrons. The Balaban J connectivity index is 2.08. The first-order valence-electron chi connectivity index (χ1n) is 10.3. The normalized spacial score (nSPS) is 15.7. The molecule has 2 aromatic rings. The number of fused-ring (bicyclic) bond motifs is 1. The van der Waals surface area contributed by atoms with Gasteiger partial charge in [-0.2, -0.15) is 0 Å². The molecule has 1 aromatic heterocycles. The van der Waals surface area contributed by atoms with Gasteiger partial charge in [0.25, 0.3) is 5.91 Å². The van der Waals surface area contributed by atoms with Crippen LogP contribution in [-0.4, -0.2) is 52.9 Å². The lowest BCUT2D eigenvalue weighted by atomic mass is 9.86. The minimum absolute atomic E-state index is 0.232. The van der Waals surface area contributed by atoms with E-state index in [0.29, 0.717) is 24.5 Å². The molecule has 1 atom stereocenters. The number of halogens is 2. The highest BCUT2D eigenvalue weighted by Gasteiger charge is 2.34. The van der Waals surface area contributed by atoms with E-state index in [-0.39, 0.29) is 16.6 Å². The van der Waals surface area contributed by atoms with Crippen molar-refractivity contribution in [3.8, 4) is 11.4 Å². The van der Waals surface area contributed by atoms with Gasteiger partial charge in [0.05, 0.1) is 10.7 Å². The molecule has 1 aliphatic rings. The minimum atomic E-state index is -0.733. The second-order valence-electron chi connectivity index (χ2n) is 8.98. The summed E-state index contributed by atoms with van der Waals surface area (Å²) in [5, 5.41) is 5.70. The maximum atomic E-state index is 13.6. The SMILES string of the molecule is CNC(=O)[C@@H](NC(=O)c1nc(-c2ccc(F)cc2Cl)n2c1CN(C)CCC2)C(C)(C)C. The quantitative estimate of drug-likeness (QED) is 0.751. The molecule has 0 saturated carbocycles. The molecule has 168 valence electrons. The van der Waals surface area contributed by atoms with E-state index in [1.807, 2.05) is 32.4 Å². The molecule has 0 spiro atoms. The van der Waals surface area contributed by atoms with Gasteiger partial charge in [-0.1, -0.05) is 32.4 Å². The number of nitrogens with zero attached hydrogens (tertiary/aromatic N) is 3. The summed E-state index contributed by atoms with van der Waals surface area (Å²) in [7, 11) is 3.52. The fraction of sp³-hybridized carbons (Fsp3) is 0.500. The topological polar surface area (TPSA) is 79.3 Å². The number of hydrogen-bond acceptors (Lipinski definition) is 4. The molecule has 0 bridgehead atoms. The molecule has 0 aliphatic carbocycles. The van der Waals surface area contributed by atoms with Gasteiger partial charge in [0.15, 0.2) is 5.69 Å². The molecule has 1 aliphatic heterocycles. The van der Waals surface area contributed by atoms with Crippen LogP contribution >= 0.6 is 11.6 Å². The second-order valence-corrected chi connectivity index (χ2v) is 9.39. The van der Waals surface area contributed by atoms with Crippen LogP contribution in [0.1, 0.15) is 43.4 Å². The predicted octanol–water partition coefficient (Wildman–Crippen LogP) is 3.07. The third-order valence-corrected chi connectivity index (χ3v) is 5.76. The van der Waals surface area contributed by atoms with Gasteiger partial charge in [0.1, 0.15) is 17.7 Å². The molecule has 2 heterocycles. The molecule has 0 unspecified atom stereocenters. The van der Waals surface area contributed by atoms with Crippen molar-refractivity contribution in [3.63, 3.8) is 0 Å². The lowest BCUT2D eigenvalue weighted by Crippen LogP contribution is -2.53. The van der Waals surface area contributed by atoms with Crippen molar-refractivity contribution in [3.05, 3.63) is 40.4 Å². The van der Waals surface area contributed by atoms with Gasteiger partial charge in [0.2, 0.25) is 5.91 Å². The van der Waals surface area contributed by atoms with E-state index in [4.69, 9.17) is 11.6 Å². The summed E-state index contributed by atoms with van der Waals surface area (Å²) in [5.41, 5.74) is 1.07. The molecule has 2 amide bonds. The minimum Gasteiger partial charge on any atom is -0.357 e. The van der Waals surface area contributed by atoms with Crippen LogP contribution in [-0.2, 0) is 17.9 Å². The molecule has 7 nitrogen and oxygen atoms in total.